The minimum Gasteiger partial charge on any atom is -0.311 e. The first-order valence-corrected chi connectivity index (χ1v) is 5.27. The van der Waals surface area contributed by atoms with E-state index >= 15 is 0 Å². The summed E-state index contributed by atoms with van der Waals surface area (Å²) >= 11 is 0. The lowest BCUT2D eigenvalue weighted by Crippen LogP contribution is -2.44. The van der Waals surface area contributed by atoms with Crippen molar-refractivity contribution in [2.24, 2.45) is 0 Å². The zero-order chi connectivity index (χ0) is 9.80. The third-order valence-corrected chi connectivity index (χ3v) is 2.80. The van der Waals surface area contributed by atoms with E-state index in [1.54, 1.807) is 0 Å². The van der Waals surface area contributed by atoms with E-state index in [1.807, 2.05) is 18.2 Å². The van der Waals surface area contributed by atoms with Crippen molar-refractivity contribution < 1.29 is 4.39 Å². The Labute approximate surface area is 96.5 Å². The van der Waals surface area contributed by atoms with Gasteiger partial charge in [0.1, 0.15) is 6.17 Å². The minimum atomic E-state index is -0.677. The second kappa shape index (κ2) is 6.09. The van der Waals surface area contributed by atoms with E-state index in [0.717, 1.165) is 19.4 Å². The zero-order valence-corrected chi connectivity index (χ0v) is 9.47. The maximum Gasteiger partial charge on any atom is 0.116 e. The molecular formula is C12H17ClFN. The van der Waals surface area contributed by atoms with Crippen LogP contribution in [0.25, 0.3) is 0 Å². The predicted octanol–water partition coefficient (Wildman–Crippen LogP) is 2.74. The molecule has 1 saturated heterocycles. The van der Waals surface area contributed by atoms with E-state index in [9.17, 15) is 4.39 Å². The third kappa shape index (κ3) is 3.47. The van der Waals surface area contributed by atoms with Gasteiger partial charge in [0.15, 0.2) is 0 Å². The van der Waals surface area contributed by atoms with Crippen LogP contribution in [0.4, 0.5) is 4.39 Å². The fourth-order valence-corrected chi connectivity index (χ4v) is 1.98. The van der Waals surface area contributed by atoms with Crippen molar-refractivity contribution in [2.45, 2.75) is 31.5 Å². The Morgan fingerprint density at radius 1 is 1.27 bits per heavy atom. The summed E-state index contributed by atoms with van der Waals surface area (Å²) in [6.45, 7) is 0.956. The average Bonchev–Trinajstić information content (AvgIpc) is 2.23. The summed E-state index contributed by atoms with van der Waals surface area (Å²) < 4.78 is 13.5. The topological polar surface area (TPSA) is 12.0 Å². The molecule has 0 spiro atoms. The van der Waals surface area contributed by atoms with Crippen molar-refractivity contribution in [1.82, 2.24) is 5.32 Å². The number of alkyl halides is 1. The van der Waals surface area contributed by atoms with Crippen LogP contribution >= 0.6 is 12.4 Å². The van der Waals surface area contributed by atoms with Crippen LogP contribution in [0.5, 0.6) is 0 Å². The van der Waals surface area contributed by atoms with Crippen LogP contribution < -0.4 is 5.32 Å². The number of rotatable bonds is 2. The molecule has 1 aliphatic heterocycles. The summed E-state index contributed by atoms with van der Waals surface area (Å²) in [5.74, 6) is 0. The lowest BCUT2D eigenvalue weighted by atomic mass is 9.96. The van der Waals surface area contributed by atoms with Gasteiger partial charge in [-0.25, -0.2) is 4.39 Å². The Bertz CT molecular complexity index is 278. The molecule has 1 aromatic rings. The molecule has 2 atom stereocenters. The Hall–Kier alpha value is -0.600. The second-order valence-corrected chi connectivity index (χ2v) is 3.91. The van der Waals surface area contributed by atoms with Crippen LogP contribution in [-0.4, -0.2) is 18.8 Å². The summed E-state index contributed by atoms with van der Waals surface area (Å²) in [7, 11) is 0. The monoisotopic (exact) mass is 229 g/mol. The third-order valence-electron chi connectivity index (χ3n) is 2.80. The number of benzene rings is 1. The van der Waals surface area contributed by atoms with E-state index in [1.165, 1.54) is 5.56 Å². The summed E-state index contributed by atoms with van der Waals surface area (Å²) in [6.07, 6.45) is 1.81. The molecule has 1 N–H and O–H groups in total. The molecule has 0 aromatic heterocycles. The van der Waals surface area contributed by atoms with Crippen LogP contribution in [0.3, 0.4) is 0 Å². The highest BCUT2D eigenvalue weighted by Gasteiger charge is 2.23. The van der Waals surface area contributed by atoms with Crippen molar-refractivity contribution >= 4 is 12.4 Å². The van der Waals surface area contributed by atoms with Crippen LogP contribution in [-0.2, 0) is 6.42 Å². The molecular weight excluding hydrogens is 213 g/mol. The highest BCUT2D eigenvalue weighted by atomic mass is 35.5. The standard InChI is InChI=1S/C12H16FN.ClH/c13-11-7-4-8-14-12(11)9-10-5-2-1-3-6-10;/h1-3,5-6,11-12,14H,4,7-9H2;1H. The molecule has 0 bridgehead atoms. The van der Waals surface area contributed by atoms with Gasteiger partial charge in [-0.05, 0) is 31.4 Å². The van der Waals surface area contributed by atoms with Crippen molar-refractivity contribution in [1.29, 1.82) is 0 Å². The molecule has 2 rings (SSSR count). The van der Waals surface area contributed by atoms with Gasteiger partial charge >= 0.3 is 0 Å². The Morgan fingerprint density at radius 3 is 2.67 bits per heavy atom. The van der Waals surface area contributed by atoms with E-state index in [2.05, 4.69) is 17.4 Å². The predicted molar refractivity (Wildman–Crippen MR) is 63.3 cm³/mol. The first kappa shape index (κ1) is 12.5. The van der Waals surface area contributed by atoms with Gasteiger partial charge in [-0.2, -0.15) is 0 Å². The maximum absolute atomic E-state index is 13.5. The number of piperidine rings is 1. The molecule has 0 aliphatic carbocycles. The van der Waals surface area contributed by atoms with E-state index in [-0.39, 0.29) is 18.4 Å². The molecule has 1 heterocycles. The van der Waals surface area contributed by atoms with Crippen molar-refractivity contribution in [3.8, 4) is 0 Å². The van der Waals surface area contributed by atoms with Crippen LogP contribution in [0, 0.1) is 0 Å². The zero-order valence-electron chi connectivity index (χ0n) is 8.66. The van der Waals surface area contributed by atoms with E-state index in [4.69, 9.17) is 0 Å². The molecule has 0 amide bonds. The van der Waals surface area contributed by atoms with E-state index in [0.29, 0.717) is 6.42 Å². The maximum atomic E-state index is 13.5. The van der Waals surface area contributed by atoms with Crippen molar-refractivity contribution in [2.75, 3.05) is 6.54 Å². The van der Waals surface area contributed by atoms with Gasteiger partial charge in [0.2, 0.25) is 0 Å². The quantitative estimate of drug-likeness (QED) is 0.823. The van der Waals surface area contributed by atoms with Gasteiger partial charge in [0.05, 0.1) is 0 Å². The van der Waals surface area contributed by atoms with Crippen molar-refractivity contribution in [3.63, 3.8) is 0 Å². The number of halogens is 2. The van der Waals surface area contributed by atoms with Crippen molar-refractivity contribution in [3.05, 3.63) is 35.9 Å². The molecule has 1 aromatic carbocycles. The fourth-order valence-electron chi connectivity index (χ4n) is 1.98. The smallest absolute Gasteiger partial charge is 0.116 e. The molecule has 0 radical (unpaired) electrons. The number of nitrogens with one attached hydrogen (secondary N) is 1. The molecule has 84 valence electrons. The molecule has 3 heteroatoms. The Kier molecular flexibility index (Phi) is 5.06. The summed E-state index contributed by atoms with van der Waals surface area (Å²) in [4.78, 5) is 0. The van der Waals surface area contributed by atoms with Crippen LogP contribution in [0.1, 0.15) is 18.4 Å². The van der Waals surface area contributed by atoms with Gasteiger partial charge in [0, 0.05) is 6.04 Å². The molecule has 1 nitrogen and oxygen atoms in total. The van der Waals surface area contributed by atoms with E-state index < -0.39 is 6.17 Å². The minimum absolute atomic E-state index is 0. The van der Waals surface area contributed by atoms with Crippen LogP contribution in [0.15, 0.2) is 30.3 Å². The molecule has 1 fully saturated rings. The molecule has 0 saturated carbocycles. The normalized spacial score (nSPS) is 25.7. The van der Waals surface area contributed by atoms with Crippen LogP contribution in [0.2, 0.25) is 0 Å². The van der Waals surface area contributed by atoms with Gasteiger partial charge in [-0.3, -0.25) is 0 Å². The van der Waals surface area contributed by atoms with Gasteiger partial charge in [-0.1, -0.05) is 30.3 Å². The lowest BCUT2D eigenvalue weighted by molar-refractivity contribution is 0.199. The fraction of sp³-hybridized carbons (Fsp3) is 0.500. The highest BCUT2D eigenvalue weighted by molar-refractivity contribution is 5.85. The lowest BCUT2D eigenvalue weighted by Gasteiger charge is -2.27. The molecule has 2 unspecified atom stereocenters. The Morgan fingerprint density at radius 2 is 2.00 bits per heavy atom. The SMILES string of the molecule is Cl.FC1CCCNC1Cc1ccccc1. The van der Waals surface area contributed by atoms with Gasteiger partial charge < -0.3 is 5.32 Å². The first-order valence-electron chi connectivity index (χ1n) is 5.27. The molecule has 15 heavy (non-hydrogen) atoms. The highest BCUT2D eigenvalue weighted by Crippen LogP contribution is 2.16. The Balaban J connectivity index is 0.00000112. The number of hydrogen-bond acceptors (Lipinski definition) is 1. The van der Waals surface area contributed by atoms with Gasteiger partial charge in [-0.15, -0.1) is 12.4 Å². The number of hydrogen-bond donors (Lipinski definition) is 1. The average molecular weight is 230 g/mol. The summed E-state index contributed by atoms with van der Waals surface area (Å²) in [5.41, 5.74) is 1.22. The summed E-state index contributed by atoms with van der Waals surface area (Å²) in [6, 6.07) is 10.1. The first-order chi connectivity index (χ1) is 6.86. The summed E-state index contributed by atoms with van der Waals surface area (Å²) in [5, 5.41) is 3.24. The van der Waals surface area contributed by atoms with Gasteiger partial charge in [0.25, 0.3) is 0 Å². The second-order valence-electron chi connectivity index (χ2n) is 3.91. The largest absolute Gasteiger partial charge is 0.311 e. The molecule has 1 aliphatic rings.